The van der Waals surface area contributed by atoms with Crippen LogP contribution in [0.4, 0.5) is 13.2 Å². The molecule has 1 rings (SSSR count). The molecule has 1 aromatic rings. The van der Waals surface area contributed by atoms with E-state index < -0.39 is 11.1 Å². The Morgan fingerprint density at radius 2 is 2.00 bits per heavy atom. The number of halogens is 3. The molecule has 1 heterocycles. The van der Waals surface area contributed by atoms with Gasteiger partial charge < -0.3 is 0 Å². The molecule has 5 heteroatoms. The quantitative estimate of drug-likeness (QED) is 0.729. The standard InChI is InChI=1S/C12H15F3OS/c1-4-7(3)10(16)9-6-17-11(8(9)5-2)12(13,14)15/h6-7H,4-5H2,1-3H3. The van der Waals surface area contributed by atoms with Gasteiger partial charge in [-0.2, -0.15) is 13.2 Å². The van der Waals surface area contributed by atoms with Crippen molar-refractivity contribution in [2.75, 3.05) is 0 Å². The average molecular weight is 264 g/mol. The lowest BCUT2D eigenvalue weighted by atomic mass is 9.94. The third-order valence-electron chi connectivity index (χ3n) is 2.83. The molecule has 1 atom stereocenters. The van der Waals surface area contributed by atoms with E-state index in [1.54, 1.807) is 13.8 Å². The summed E-state index contributed by atoms with van der Waals surface area (Å²) < 4.78 is 38.1. The summed E-state index contributed by atoms with van der Waals surface area (Å²) in [4.78, 5) is 11.3. The van der Waals surface area contributed by atoms with E-state index in [0.717, 1.165) is 0 Å². The Hall–Kier alpha value is -0.840. The van der Waals surface area contributed by atoms with Crippen molar-refractivity contribution in [2.24, 2.45) is 5.92 Å². The molecule has 1 aromatic heterocycles. The lowest BCUT2D eigenvalue weighted by molar-refractivity contribution is -0.134. The molecule has 1 nitrogen and oxygen atoms in total. The lowest BCUT2D eigenvalue weighted by Crippen LogP contribution is -2.13. The van der Waals surface area contributed by atoms with E-state index >= 15 is 0 Å². The van der Waals surface area contributed by atoms with Crippen LogP contribution in [0.5, 0.6) is 0 Å². The lowest BCUT2D eigenvalue weighted by Gasteiger charge is -2.10. The zero-order chi connectivity index (χ0) is 13.2. The summed E-state index contributed by atoms with van der Waals surface area (Å²) in [5, 5.41) is 1.34. The monoisotopic (exact) mass is 264 g/mol. The number of alkyl halides is 3. The molecule has 1 unspecified atom stereocenters. The van der Waals surface area contributed by atoms with Crippen molar-refractivity contribution in [3.63, 3.8) is 0 Å². The minimum atomic E-state index is -4.36. The van der Waals surface area contributed by atoms with Gasteiger partial charge in [0.15, 0.2) is 5.78 Å². The summed E-state index contributed by atoms with van der Waals surface area (Å²) in [7, 11) is 0. The minimum absolute atomic E-state index is 0.146. The SMILES string of the molecule is CCc1c(C(=O)C(C)CC)csc1C(F)(F)F. The van der Waals surface area contributed by atoms with Gasteiger partial charge in [0.1, 0.15) is 4.88 Å². The third kappa shape index (κ3) is 2.89. The Kier molecular flexibility index (Phi) is 4.36. The van der Waals surface area contributed by atoms with Gasteiger partial charge in [0.05, 0.1) is 0 Å². The molecule has 0 saturated heterocycles. The zero-order valence-electron chi connectivity index (χ0n) is 10.0. The maximum atomic E-state index is 12.7. The smallest absolute Gasteiger partial charge is 0.294 e. The summed E-state index contributed by atoms with van der Waals surface area (Å²) in [5.41, 5.74) is 0.395. The van der Waals surface area contributed by atoms with Crippen molar-refractivity contribution in [3.05, 3.63) is 21.4 Å². The van der Waals surface area contributed by atoms with E-state index in [1.807, 2.05) is 6.92 Å². The number of carbonyl (C=O) groups is 1. The Balaban J connectivity index is 3.20. The van der Waals surface area contributed by atoms with Gasteiger partial charge in [-0.3, -0.25) is 4.79 Å². The van der Waals surface area contributed by atoms with Crippen LogP contribution < -0.4 is 0 Å². The summed E-state index contributed by atoms with van der Waals surface area (Å²) >= 11 is 0.618. The van der Waals surface area contributed by atoms with Gasteiger partial charge in [-0.1, -0.05) is 20.8 Å². The number of rotatable bonds is 4. The Morgan fingerprint density at radius 3 is 2.41 bits per heavy atom. The number of Topliss-reactive ketones (excluding diaryl/α,β-unsaturated/α-hetero) is 1. The van der Waals surface area contributed by atoms with E-state index in [-0.39, 0.29) is 29.2 Å². The van der Waals surface area contributed by atoms with Gasteiger partial charge in [0.25, 0.3) is 0 Å². The second-order valence-electron chi connectivity index (χ2n) is 3.98. The molecule has 0 aromatic carbocycles. The van der Waals surface area contributed by atoms with Crippen LogP contribution in [0.15, 0.2) is 5.38 Å². The highest BCUT2D eigenvalue weighted by molar-refractivity contribution is 7.10. The van der Waals surface area contributed by atoms with Crippen molar-refractivity contribution in [1.82, 2.24) is 0 Å². The molecule has 96 valence electrons. The van der Waals surface area contributed by atoms with E-state index in [4.69, 9.17) is 0 Å². The highest BCUT2D eigenvalue weighted by Crippen LogP contribution is 2.39. The van der Waals surface area contributed by atoms with Crippen LogP contribution in [0, 0.1) is 5.92 Å². The van der Waals surface area contributed by atoms with Crippen LogP contribution in [-0.4, -0.2) is 5.78 Å². The highest BCUT2D eigenvalue weighted by Gasteiger charge is 2.37. The molecule has 0 aliphatic carbocycles. The fourth-order valence-electron chi connectivity index (χ4n) is 1.63. The van der Waals surface area contributed by atoms with Crippen molar-refractivity contribution in [1.29, 1.82) is 0 Å². The number of thiophene rings is 1. The summed E-state index contributed by atoms with van der Waals surface area (Å²) in [6.45, 7) is 5.24. The Bertz CT molecular complexity index is 406. The molecule has 0 bridgehead atoms. The number of carbonyl (C=O) groups excluding carboxylic acids is 1. The van der Waals surface area contributed by atoms with Crippen LogP contribution in [0.1, 0.15) is 48.0 Å². The molecule has 0 N–H and O–H groups in total. The number of ketones is 1. The predicted octanol–water partition coefficient (Wildman–Crippen LogP) is 4.56. The molecule has 0 spiro atoms. The maximum Gasteiger partial charge on any atom is 0.425 e. The second-order valence-corrected chi connectivity index (χ2v) is 4.86. The van der Waals surface area contributed by atoms with E-state index in [2.05, 4.69) is 0 Å². The Morgan fingerprint density at radius 1 is 1.41 bits per heavy atom. The van der Waals surface area contributed by atoms with E-state index in [9.17, 15) is 18.0 Å². The van der Waals surface area contributed by atoms with Crippen LogP contribution in [0.25, 0.3) is 0 Å². The van der Waals surface area contributed by atoms with Crippen LogP contribution in [0.2, 0.25) is 0 Å². The van der Waals surface area contributed by atoms with Crippen molar-refractivity contribution in [2.45, 2.75) is 39.8 Å². The van der Waals surface area contributed by atoms with Crippen molar-refractivity contribution >= 4 is 17.1 Å². The van der Waals surface area contributed by atoms with Gasteiger partial charge in [-0.05, 0) is 18.4 Å². The molecule has 0 aliphatic heterocycles. The summed E-state index contributed by atoms with van der Waals surface area (Å²) in [6, 6.07) is 0. The largest absolute Gasteiger partial charge is 0.425 e. The first-order valence-electron chi connectivity index (χ1n) is 5.54. The van der Waals surface area contributed by atoms with Crippen LogP contribution >= 0.6 is 11.3 Å². The first kappa shape index (κ1) is 14.2. The fourth-order valence-corrected chi connectivity index (χ4v) is 2.65. The average Bonchev–Trinajstić information content (AvgIpc) is 2.69. The first-order chi connectivity index (χ1) is 7.82. The summed E-state index contributed by atoms with van der Waals surface area (Å²) in [6.07, 6.45) is -3.49. The molecular formula is C12H15F3OS. The number of hydrogen-bond donors (Lipinski definition) is 0. The second kappa shape index (κ2) is 5.21. The van der Waals surface area contributed by atoms with Crippen molar-refractivity contribution in [3.8, 4) is 0 Å². The van der Waals surface area contributed by atoms with Gasteiger partial charge in [0, 0.05) is 16.9 Å². The van der Waals surface area contributed by atoms with Gasteiger partial charge in [-0.25, -0.2) is 0 Å². The predicted molar refractivity (Wildman–Crippen MR) is 62.5 cm³/mol. The number of hydrogen-bond acceptors (Lipinski definition) is 2. The van der Waals surface area contributed by atoms with E-state index in [0.29, 0.717) is 17.8 Å². The van der Waals surface area contributed by atoms with Gasteiger partial charge >= 0.3 is 6.18 Å². The molecule has 0 aliphatic rings. The molecule has 17 heavy (non-hydrogen) atoms. The molecule has 0 saturated carbocycles. The Labute approximate surface area is 103 Å². The molecule has 0 radical (unpaired) electrons. The molecule has 0 fully saturated rings. The minimum Gasteiger partial charge on any atom is -0.294 e. The molecule has 0 amide bonds. The molecular weight excluding hydrogens is 249 g/mol. The normalized spacial score (nSPS) is 13.8. The van der Waals surface area contributed by atoms with Crippen molar-refractivity contribution < 1.29 is 18.0 Å². The van der Waals surface area contributed by atoms with E-state index in [1.165, 1.54) is 5.38 Å². The third-order valence-corrected chi connectivity index (χ3v) is 3.90. The van der Waals surface area contributed by atoms with Crippen LogP contribution in [-0.2, 0) is 12.6 Å². The first-order valence-corrected chi connectivity index (χ1v) is 6.42. The maximum absolute atomic E-state index is 12.7. The van der Waals surface area contributed by atoms with Gasteiger partial charge in [0.2, 0.25) is 0 Å². The summed E-state index contributed by atoms with van der Waals surface area (Å²) in [5.74, 6) is -0.410. The topological polar surface area (TPSA) is 17.1 Å². The van der Waals surface area contributed by atoms with Gasteiger partial charge in [-0.15, -0.1) is 11.3 Å². The van der Waals surface area contributed by atoms with Crippen LogP contribution in [0.3, 0.4) is 0 Å². The zero-order valence-corrected chi connectivity index (χ0v) is 10.8. The highest BCUT2D eigenvalue weighted by atomic mass is 32.1. The fraction of sp³-hybridized carbons (Fsp3) is 0.583.